The maximum Gasteiger partial charge on any atom is 0.329 e. The summed E-state index contributed by atoms with van der Waals surface area (Å²) < 4.78 is 22.6. The lowest BCUT2D eigenvalue weighted by Crippen LogP contribution is -2.94. The van der Waals surface area contributed by atoms with Crippen molar-refractivity contribution in [2.75, 3.05) is 19.8 Å². The van der Waals surface area contributed by atoms with E-state index in [9.17, 15) is 69.9 Å². The van der Waals surface area contributed by atoms with Gasteiger partial charge >= 0.3 is 5.97 Å². The molecule has 0 bridgehead atoms. The van der Waals surface area contributed by atoms with E-state index in [1.807, 2.05) is 0 Å². The number of aliphatic hydroxyl groups excluding tert-OH is 7. The summed E-state index contributed by atoms with van der Waals surface area (Å²) >= 11 is 0. The Balaban J connectivity index is 3.12. The number of carbonyl (C=O) groups is 5. The zero-order valence-electron chi connectivity index (χ0n) is 26.3. The van der Waals surface area contributed by atoms with E-state index in [2.05, 4.69) is 0 Å². The first-order chi connectivity index (χ1) is 22.5. The fourth-order valence-corrected chi connectivity index (χ4v) is 6.04. The first-order valence-electron chi connectivity index (χ1n) is 14.6. The highest BCUT2D eigenvalue weighted by molar-refractivity contribution is 6.02. The van der Waals surface area contributed by atoms with Gasteiger partial charge in [-0.3, -0.25) is 14.4 Å². The Bertz CT molecular complexity index is 1250. The molecule has 49 heavy (non-hydrogen) atoms. The van der Waals surface area contributed by atoms with E-state index in [1.54, 1.807) is 0 Å². The second-order valence-electron chi connectivity index (χ2n) is 11.9. The van der Waals surface area contributed by atoms with E-state index in [-0.39, 0.29) is 6.29 Å². The van der Waals surface area contributed by atoms with Crippen LogP contribution in [0.4, 0.5) is 0 Å². The number of hydrogen-bond donors (Lipinski definition) is 14. The van der Waals surface area contributed by atoms with Crippen LogP contribution < -0.4 is 28.7 Å². The lowest BCUT2D eigenvalue weighted by atomic mass is 9.58. The van der Waals surface area contributed by atoms with E-state index >= 15 is 0 Å². The van der Waals surface area contributed by atoms with Crippen LogP contribution in [0, 0.1) is 0 Å². The number of rotatable bonds is 17. The molecule has 282 valence electrons. The third kappa shape index (κ3) is 6.86. The third-order valence-electron chi connectivity index (χ3n) is 8.85. The van der Waals surface area contributed by atoms with Gasteiger partial charge in [0.15, 0.2) is 34.5 Å². The number of Topliss-reactive ketones (excluding diaryl/α,β-unsaturated/α-hetero) is 2. The van der Waals surface area contributed by atoms with E-state index in [4.69, 9.17) is 47.6 Å². The zero-order chi connectivity index (χ0) is 38.0. The maximum absolute atomic E-state index is 13.8. The van der Waals surface area contributed by atoms with Crippen LogP contribution >= 0.6 is 0 Å². The summed E-state index contributed by atoms with van der Waals surface area (Å²) in [6, 6.07) is -3.76. The number of carboxylic acid groups (broad SMARTS) is 1. The van der Waals surface area contributed by atoms with Gasteiger partial charge in [0.05, 0.1) is 38.3 Å². The lowest BCUT2D eigenvalue weighted by Gasteiger charge is -2.64. The predicted octanol–water partition coefficient (Wildman–Crippen LogP) is -9.89. The van der Waals surface area contributed by atoms with Gasteiger partial charge in [-0.25, -0.2) is 4.79 Å². The molecule has 2 fully saturated rings. The molecule has 23 nitrogen and oxygen atoms in total. The van der Waals surface area contributed by atoms with Crippen LogP contribution in [0.1, 0.15) is 20.3 Å². The lowest BCUT2D eigenvalue weighted by molar-refractivity contribution is -0.415. The van der Waals surface area contributed by atoms with Crippen LogP contribution in [0.2, 0.25) is 0 Å². The van der Waals surface area contributed by atoms with Crippen molar-refractivity contribution in [2.24, 2.45) is 28.7 Å². The second-order valence-corrected chi connectivity index (χ2v) is 11.9. The minimum atomic E-state index is -3.94. The highest BCUT2D eigenvalue weighted by Gasteiger charge is 2.83. The van der Waals surface area contributed by atoms with Gasteiger partial charge in [-0.2, -0.15) is 0 Å². The van der Waals surface area contributed by atoms with Gasteiger partial charge < -0.3 is 98.4 Å². The molecule has 0 aliphatic carbocycles. The van der Waals surface area contributed by atoms with E-state index < -0.39 is 139 Å². The molecule has 0 spiro atoms. The molecule has 2 heterocycles. The van der Waals surface area contributed by atoms with Crippen LogP contribution in [0.15, 0.2) is 0 Å². The minimum absolute atomic E-state index is 0.0821. The molecule has 0 saturated carbocycles. The van der Waals surface area contributed by atoms with Crippen LogP contribution in [0.3, 0.4) is 0 Å². The number of primary amides is 1. The van der Waals surface area contributed by atoms with Crippen LogP contribution in [-0.2, 0) is 42.9 Å². The monoisotopic (exact) mass is 715 g/mol. The molecule has 23 heteroatoms. The van der Waals surface area contributed by atoms with Crippen LogP contribution in [-0.4, -0.2) is 185 Å². The van der Waals surface area contributed by atoms with Gasteiger partial charge in [0.25, 0.3) is 0 Å². The SMILES string of the molecule is CC(=O)[C@@]1(N)[C@](O[C@@H]([C@H](O)[C@@H](N)C=O)[C@H](O)CO)(C(N)(CC(N)=O)C(=O)O)O[C@H](CO)[C@H](O[C@@H]2O[C@H](CO)[C@@H](O)[C@H](O)[C@H]2N)[C@@]1(O)C(C)=O. The Morgan fingerprint density at radius 2 is 1.57 bits per heavy atom. The van der Waals surface area contributed by atoms with Crippen molar-refractivity contribution in [3.8, 4) is 0 Å². The topological polar surface area (TPSA) is 434 Å². The number of aliphatic carboxylic acids is 1. The van der Waals surface area contributed by atoms with Crippen molar-refractivity contribution >= 4 is 29.7 Å². The molecule has 0 aromatic heterocycles. The molecule has 0 radical (unpaired) electrons. The van der Waals surface area contributed by atoms with Crippen LogP contribution in [0.5, 0.6) is 0 Å². The fourth-order valence-electron chi connectivity index (χ4n) is 6.04. The Morgan fingerprint density at radius 3 is 1.98 bits per heavy atom. The van der Waals surface area contributed by atoms with Crippen molar-refractivity contribution in [3.63, 3.8) is 0 Å². The Morgan fingerprint density at radius 1 is 1.02 bits per heavy atom. The largest absolute Gasteiger partial charge is 0.480 e. The predicted molar refractivity (Wildman–Crippen MR) is 155 cm³/mol. The summed E-state index contributed by atoms with van der Waals surface area (Å²) in [6.07, 6.45) is -21.3. The smallest absolute Gasteiger partial charge is 0.329 e. The third-order valence-corrected chi connectivity index (χ3v) is 8.85. The summed E-state index contributed by atoms with van der Waals surface area (Å²) in [6.45, 7) is -2.60. The molecule has 19 N–H and O–H groups in total. The van der Waals surface area contributed by atoms with Crippen molar-refractivity contribution in [3.05, 3.63) is 0 Å². The number of carbonyl (C=O) groups excluding carboxylic acids is 4. The van der Waals surface area contributed by atoms with Gasteiger partial charge in [-0.15, -0.1) is 0 Å². The number of ketones is 2. The van der Waals surface area contributed by atoms with Gasteiger partial charge in [-0.05, 0) is 13.8 Å². The number of amides is 1. The minimum Gasteiger partial charge on any atom is -0.480 e. The average molecular weight is 716 g/mol. The zero-order valence-corrected chi connectivity index (χ0v) is 26.3. The van der Waals surface area contributed by atoms with E-state index in [1.165, 1.54) is 0 Å². The van der Waals surface area contributed by atoms with Crippen LogP contribution in [0.25, 0.3) is 0 Å². The number of aliphatic hydroxyl groups is 8. The molecule has 0 aromatic carbocycles. The molecular formula is C26H45N5O18. The summed E-state index contributed by atoms with van der Waals surface area (Å²) in [5.74, 6) is -11.1. The fraction of sp³-hybridized carbons (Fsp3) is 0.808. The Hall–Kier alpha value is -2.69. The molecule has 2 aliphatic heterocycles. The highest BCUT2D eigenvalue weighted by atomic mass is 16.8. The molecule has 2 rings (SSSR count). The van der Waals surface area contributed by atoms with Gasteiger partial charge in [-0.1, -0.05) is 0 Å². The number of carboxylic acids is 1. The van der Waals surface area contributed by atoms with E-state index in [0.29, 0.717) is 13.8 Å². The molecule has 2 aliphatic rings. The maximum atomic E-state index is 13.8. The second kappa shape index (κ2) is 15.7. The quantitative estimate of drug-likeness (QED) is 0.0621. The molecule has 2 saturated heterocycles. The van der Waals surface area contributed by atoms with Crippen molar-refractivity contribution in [1.82, 2.24) is 0 Å². The molecule has 1 amide bonds. The van der Waals surface area contributed by atoms with Gasteiger partial charge in [0.2, 0.25) is 11.7 Å². The number of hydrogen-bond acceptors (Lipinski definition) is 21. The summed E-state index contributed by atoms with van der Waals surface area (Å²) in [4.78, 5) is 64.2. The average Bonchev–Trinajstić information content (AvgIpc) is 3.04. The molecule has 15 atom stereocenters. The Labute approximate surface area is 277 Å². The molecule has 1 unspecified atom stereocenters. The first kappa shape index (κ1) is 42.5. The van der Waals surface area contributed by atoms with Gasteiger partial charge in [0.1, 0.15) is 55.1 Å². The molecule has 0 aromatic rings. The normalized spacial score (nSPS) is 38.8. The highest BCUT2D eigenvalue weighted by Crippen LogP contribution is 2.52. The standard InChI is InChI=1S/C26H45N5O18/c1-8(36)24(45)20(47-21-15(29)18(42)17(41)12(6-34)46-21)13(7-35)48-26(25(24,31)9(2)37,23(30,22(43)44)3-14(28)39)49-19(11(38)5-33)16(40)10(27)4-32/h4,10-13,15-21,33-35,38,40-42,45H,3,5-7,27,29-31H2,1-2H3,(H2,28,39)(H,43,44)/t10-,11+,12+,13+,15+,16+,17+,18+,19+,20-,21-,23?,24-,25-,26+/m0/s1. The van der Waals surface area contributed by atoms with Crippen molar-refractivity contribution in [2.45, 2.75) is 110 Å². The number of ether oxygens (including phenoxy) is 4. The Kier molecular flexibility index (Phi) is 13.6. The molecular weight excluding hydrogens is 670 g/mol. The summed E-state index contributed by atoms with van der Waals surface area (Å²) in [5.41, 5.74) is 18.4. The summed E-state index contributed by atoms with van der Waals surface area (Å²) in [5, 5.41) is 94.9. The number of aldehydes is 1. The summed E-state index contributed by atoms with van der Waals surface area (Å²) in [7, 11) is 0. The van der Waals surface area contributed by atoms with E-state index in [0.717, 1.165) is 0 Å². The first-order valence-corrected chi connectivity index (χ1v) is 14.6. The van der Waals surface area contributed by atoms with Crippen molar-refractivity contribution < 1.29 is 88.9 Å². The van der Waals surface area contributed by atoms with Crippen molar-refractivity contribution in [1.29, 1.82) is 0 Å². The van der Waals surface area contributed by atoms with Gasteiger partial charge in [0, 0.05) is 0 Å². The number of nitrogens with two attached hydrogens (primary N) is 5.